The summed E-state index contributed by atoms with van der Waals surface area (Å²) in [4.78, 5) is 8.08. The van der Waals surface area contributed by atoms with Crippen molar-refractivity contribution in [2.45, 2.75) is 44.3 Å². The highest BCUT2D eigenvalue weighted by atomic mass is 35.5. The van der Waals surface area contributed by atoms with Crippen molar-refractivity contribution in [1.82, 2.24) is 15.2 Å². The van der Waals surface area contributed by atoms with Gasteiger partial charge in [-0.3, -0.25) is 0 Å². The van der Waals surface area contributed by atoms with Crippen molar-refractivity contribution in [2.24, 2.45) is 0 Å². The van der Waals surface area contributed by atoms with Crippen LogP contribution in [0.15, 0.2) is 73.4 Å². The number of hydrogen-bond donors (Lipinski definition) is 2. The molecule has 186 valence electrons. The van der Waals surface area contributed by atoms with Gasteiger partial charge in [0.15, 0.2) is 0 Å². The molecule has 0 unspecified atom stereocenters. The van der Waals surface area contributed by atoms with Crippen LogP contribution < -0.4 is 10.6 Å². The fraction of sp³-hybridized carbons (Fsp3) is 0.300. The van der Waals surface area contributed by atoms with Crippen LogP contribution >= 0.6 is 22.9 Å². The SMILES string of the molecule is C=C(c1sc2ccccc2c1Cl)N(Cc1cccc(-c2ccc(NC)nc2)c1)C1CCC(NC)CC1. The van der Waals surface area contributed by atoms with E-state index in [2.05, 4.69) is 82.7 Å². The van der Waals surface area contributed by atoms with Gasteiger partial charge in [-0.2, -0.15) is 0 Å². The van der Waals surface area contributed by atoms with Gasteiger partial charge in [-0.1, -0.05) is 54.6 Å². The first-order chi connectivity index (χ1) is 17.6. The van der Waals surface area contributed by atoms with Crippen LogP contribution in [0.1, 0.15) is 36.1 Å². The molecule has 2 aromatic carbocycles. The van der Waals surface area contributed by atoms with Crippen LogP contribution in [0, 0.1) is 0 Å². The Bertz CT molecular complexity index is 1340. The number of fused-ring (bicyclic) bond motifs is 1. The standard InChI is InChI=1S/C30H33ClN4S/c1-20(30-29(31)26-9-4-5-10-27(26)36-30)35(25-14-12-24(32-2)13-15-25)19-21-7-6-8-22(17-21)23-11-16-28(33-3)34-18-23/h4-11,16-18,24-25,32H,1,12-15,19H2,2-3H3,(H,33,34). The molecular formula is C30H33ClN4S. The van der Waals surface area contributed by atoms with Crippen molar-refractivity contribution in [3.8, 4) is 11.1 Å². The Morgan fingerprint density at radius 1 is 1.03 bits per heavy atom. The van der Waals surface area contributed by atoms with Crippen LogP contribution in [0.4, 0.5) is 5.82 Å². The van der Waals surface area contributed by atoms with Gasteiger partial charge in [-0.25, -0.2) is 4.98 Å². The molecule has 6 heteroatoms. The Hall–Kier alpha value is -2.86. The van der Waals surface area contributed by atoms with Crippen LogP contribution in [-0.2, 0) is 6.54 Å². The molecule has 0 aliphatic heterocycles. The number of nitrogens with zero attached hydrogens (tertiary/aromatic N) is 2. The van der Waals surface area contributed by atoms with Gasteiger partial charge >= 0.3 is 0 Å². The topological polar surface area (TPSA) is 40.2 Å². The zero-order chi connectivity index (χ0) is 25.1. The molecule has 4 nitrogen and oxygen atoms in total. The van der Waals surface area contributed by atoms with Crippen LogP contribution in [0.25, 0.3) is 26.9 Å². The third-order valence-electron chi connectivity index (χ3n) is 7.32. The normalized spacial score (nSPS) is 17.8. The van der Waals surface area contributed by atoms with Crippen LogP contribution in [0.2, 0.25) is 5.02 Å². The number of thiophene rings is 1. The van der Waals surface area contributed by atoms with Crippen LogP contribution in [0.5, 0.6) is 0 Å². The Balaban J connectivity index is 1.46. The Labute approximate surface area is 223 Å². The molecular weight excluding hydrogens is 484 g/mol. The molecule has 0 radical (unpaired) electrons. The van der Waals surface area contributed by atoms with E-state index < -0.39 is 0 Å². The third kappa shape index (κ3) is 5.15. The van der Waals surface area contributed by atoms with Gasteiger partial charge < -0.3 is 15.5 Å². The molecule has 1 saturated carbocycles. The number of benzene rings is 2. The van der Waals surface area contributed by atoms with E-state index in [4.69, 9.17) is 11.6 Å². The van der Waals surface area contributed by atoms with Crippen molar-refractivity contribution >= 4 is 44.5 Å². The number of aromatic nitrogens is 1. The summed E-state index contributed by atoms with van der Waals surface area (Å²) in [6.45, 7) is 5.41. The molecule has 0 bridgehead atoms. The molecule has 5 rings (SSSR count). The molecule has 0 amide bonds. The number of anilines is 1. The lowest BCUT2D eigenvalue weighted by atomic mass is 9.89. The number of nitrogens with one attached hydrogen (secondary N) is 2. The molecule has 2 heterocycles. The zero-order valence-corrected chi connectivity index (χ0v) is 22.5. The lowest BCUT2D eigenvalue weighted by Gasteiger charge is -2.39. The fourth-order valence-corrected chi connectivity index (χ4v) is 6.74. The summed E-state index contributed by atoms with van der Waals surface area (Å²) >= 11 is 8.66. The lowest BCUT2D eigenvalue weighted by Crippen LogP contribution is -2.40. The quantitative estimate of drug-likeness (QED) is 0.252. The second-order valence-electron chi connectivity index (χ2n) is 9.49. The van der Waals surface area contributed by atoms with Gasteiger partial charge in [0.1, 0.15) is 5.82 Å². The van der Waals surface area contributed by atoms with Gasteiger partial charge in [0.2, 0.25) is 0 Å². The van der Waals surface area contributed by atoms with Crippen molar-refractivity contribution in [2.75, 3.05) is 19.4 Å². The van der Waals surface area contributed by atoms with E-state index in [0.29, 0.717) is 12.1 Å². The summed E-state index contributed by atoms with van der Waals surface area (Å²) in [5, 5.41) is 8.48. The van der Waals surface area contributed by atoms with E-state index in [1.165, 1.54) is 28.7 Å². The van der Waals surface area contributed by atoms with E-state index >= 15 is 0 Å². The maximum Gasteiger partial charge on any atom is 0.125 e. The minimum atomic E-state index is 0.434. The van der Waals surface area contributed by atoms with E-state index in [-0.39, 0.29) is 0 Å². The number of hydrogen-bond acceptors (Lipinski definition) is 5. The van der Waals surface area contributed by atoms with Crippen molar-refractivity contribution in [3.05, 3.63) is 88.9 Å². The smallest absolute Gasteiger partial charge is 0.125 e. The largest absolute Gasteiger partial charge is 0.373 e. The number of pyridine rings is 1. The summed E-state index contributed by atoms with van der Waals surface area (Å²) in [6.07, 6.45) is 6.56. The molecule has 1 fully saturated rings. The third-order valence-corrected chi connectivity index (χ3v) is 9.05. The van der Waals surface area contributed by atoms with Crippen molar-refractivity contribution < 1.29 is 0 Å². The molecule has 2 aromatic heterocycles. The molecule has 0 spiro atoms. The van der Waals surface area contributed by atoms with Crippen LogP contribution in [-0.4, -0.2) is 36.1 Å². The predicted molar refractivity (Wildman–Crippen MR) is 156 cm³/mol. The zero-order valence-electron chi connectivity index (χ0n) is 20.9. The highest BCUT2D eigenvalue weighted by molar-refractivity contribution is 7.20. The van der Waals surface area contributed by atoms with Crippen LogP contribution in [0.3, 0.4) is 0 Å². The van der Waals surface area contributed by atoms with Crippen molar-refractivity contribution in [3.63, 3.8) is 0 Å². The average Bonchev–Trinajstić information content (AvgIpc) is 3.28. The van der Waals surface area contributed by atoms with E-state index in [0.717, 1.165) is 51.8 Å². The van der Waals surface area contributed by atoms with Gasteiger partial charge in [-0.05, 0) is 68.1 Å². The Kier molecular flexibility index (Phi) is 7.61. The Morgan fingerprint density at radius 2 is 1.83 bits per heavy atom. The molecule has 0 atom stereocenters. The second kappa shape index (κ2) is 11.0. The second-order valence-corrected chi connectivity index (χ2v) is 10.9. The highest BCUT2D eigenvalue weighted by Crippen LogP contribution is 2.42. The summed E-state index contributed by atoms with van der Waals surface area (Å²) in [6, 6.07) is 22.3. The molecule has 2 N–H and O–H groups in total. The minimum absolute atomic E-state index is 0.434. The first-order valence-corrected chi connectivity index (χ1v) is 13.8. The number of halogens is 1. The van der Waals surface area contributed by atoms with Crippen molar-refractivity contribution in [1.29, 1.82) is 0 Å². The predicted octanol–water partition coefficient (Wildman–Crippen LogP) is 7.66. The summed E-state index contributed by atoms with van der Waals surface area (Å²) in [5.74, 6) is 0.870. The first-order valence-electron chi connectivity index (χ1n) is 12.6. The summed E-state index contributed by atoms with van der Waals surface area (Å²) in [7, 11) is 3.96. The minimum Gasteiger partial charge on any atom is -0.373 e. The maximum atomic E-state index is 6.91. The van der Waals surface area contributed by atoms with Gasteiger partial charge in [0.05, 0.1) is 9.90 Å². The monoisotopic (exact) mass is 516 g/mol. The lowest BCUT2D eigenvalue weighted by molar-refractivity contribution is 0.205. The Morgan fingerprint density at radius 3 is 2.53 bits per heavy atom. The number of rotatable bonds is 8. The first kappa shape index (κ1) is 24.8. The average molecular weight is 517 g/mol. The van der Waals surface area contributed by atoms with E-state index in [1.807, 2.05) is 25.4 Å². The maximum absolute atomic E-state index is 6.91. The highest BCUT2D eigenvalue weighted by Gasteiger charge is 2.28. The fourth-order valence-electron chi connectivity index (χ4n) is 5.21. The molecule has 4 aromatic rings. The molecule has 36 heavy (non-hydrogen) atoms. The van der Waals surface area contributed by atoms with Gasteiger partial charge in [-0.15, -0.1) is 11.3 Å². The molecule has 1 aliphatic rings. The molecule has 1 aliphatic carbocycles. The van der Waals surface area contributed by atoms with E-state index in [1.54, 1.807) is 11.3 Å². The molecule has 0 saturated heterocycles. The van der Waals surface area contributed by atoms with Gasteiger partial charge in [0.25, 0.3) is 0 Å². The summed E-state index contributed by atoms with van der Waals surface area (Å²) < 4.78 is 1.21. The van der Waals surface area contributed by atoms with E-state index in [9.17, 15) is 0 Å². The van der Waals surface area contributed by atoms with Gasteiger partial charge in [0, 0.05) is 53.2 Å². The summed E-state index contributed by atoms with van der Waals surface area (Å²) in [5.41, 5.74) is 4.58.